The molecule has 3 amide bonds. The second kappa shape index (κ2) is 8.83. The number of para-hydroxylation sites is 1. The van der Waals surface area contributed by atoms with Gasteiger partial charge in [0.15, 0.2) is 6.61 Å². The highest BCUT2D eigenvalue weighted by atomic mass is 32.1. The number of amides is 3. The molecule has 29 heavy (non-hydrogen) atoms. The van der Waals surface area contributed by atoms with Gasteiger partial charge in [-0.25, -0.2) is 9.78 Å². The van der Waals surface area contributed by atoms with Gasteiger partial charge in [0.2, 0.25) is 0 Å². The molecule has 0 unspecified atom stereocenters. The van der Waals surface area contributed by atoms with Crippen LogP contribution in [-0.4, -0.2) is 36.5 Å². The fourth-order valence-corrected chi connectivity index (χ4v) is 4.04. The van der Waals surface area contributed by atoms with Gasteiger partial charge in [0, 0.05) is 13.5 Å². The van der Waals surface area contributed by atoms with Crippen LogP contribution in [0.2, 0.25) is 0 Å². The zero-order chi connectivity index (χ0) is 20.9. The molecule has 0 saturated heterocycles. The summed E-state index contributed by atoms with van der Waals surface area (Å²) in [5.74, 6) is -1.26. The number of imide groups is 1. The van der Waals surface area contributed by atoms with Crippen LogP contribution in [0.4, 0.5) is 4.79 Å². The van der Waals surface area contributed by atoms with Gasteiger partial charge < -0.3 is 10.1 Å². The van der Waals surface area contributed by atoms with E-state index in [2.05, 4.69) is 15.6 Å². The number of nitrogens with one attached hydrogen (secondary N) is 2. The Morgan fingerprint density at radius 3 is 2.45 bits per heavy atom. The van der Waals surface area contributed by atoms with Crippen molar-refractivity contribution in [3.63, 3.8) is 0 Å². The lowest BCUT2D eigenvalue weighted by Gasteiger charge is -2.27. The molecule has 0 aliphatic rings. The molecule has 150 valence electrons. The summed E-state index contributed by atoms with van der Waals surface area (Å²) in [6.07, 6.45) is 0.326. The van der Waals surface area contributed by atoms with Gasteiger partial charge in [-0.05, 0) is 24.6 Å². The highest BCUT2D eigenvalue weighted by Crippen LogP contribution is 2.33. The first-order valence-corrected chi connectivity index (χ1v) is 9.83. The second-order valence-corrected chi connectivity index (χ2v) is 7.77. The van der Waals surface area contributed by atoms with E-state index in [1.807, 2.05) is 54.6 Å². The van der Waals surface area contributed by atoms with E-state index in [0.29, 0.717) is 6.42 Å². The van der Waals surface area contributed by atoms with Gasteiger partial charge in [-0.3, -0.25) is 14.9 Å². The van der Waals surface area contributed by atoms with E-state index in [4.69, 9.17) is 4.74 Å². The molecule has 2 aromatic carbocycles. The molecule has 7 nitrogen and oxygen atoms in total. The van der Waals surface area contributed by atoms with E-state index >= 15 is 0 Å². The molecule has 1 heterocycles. The molecule has 0 fully saturated rings. The van der Waals surface area contributed by atoms with Crippen LogP contribution in [0.5, 0.6) is 0 Å². The molecule has 0 radical (unpaired) electrons. The quantitative estimate of drug-likeness (QED) is 0.608. The number of aromatic nitrogens is 1. The summed E-state index contributed by atoms with van der Waals surface area (Å²) in [6, 6.07) is 16.4. The Labute approximate surface area is 172 Å². The van der Waals surface area contributed by atoms with Crippen molar-refractivity contribution in [2.75, 3.05) is 13.7 Å². The smallest absolute Gasteiger partial charge is 0.321 e. The summed E-state index contributed by atoms with van der Waals surface area (Å²) in [6.45, 7) is 1.22. The topological polar surface area (TPSA) is 97.4 Å². The average Bonchev–Trinajstić information content (AvgIpc) is 3.14. The number of esters is 1. The van der Waals surface area contributed by atoms with Crippen molar-refractivity contribution >= 4 is 39.5 Å². The Hall–Kier alpha value is -3.26. The molecule has 0 spiro atoms. The summed E-state index contributed by atoms with van der Waals surface area (Å²) in [4.78, 5) is 40.7. The molecule has 1 aromatic heterocycles. The van der Waals surface area contributed by atoms with E-state index in [0.717, 1.165) is 20.8 Å². The first kappa shape index (κ1) is 20.5. The van der Waals surface area contributed by atoms with Crippen LogP contribution in [0.15, 0.2) is 54.6 Å². The van der Waals surface area contributed by atoms with Crippen molar-refractivity contribution in [2.45, 2.75) is 18.8 Å². The summed E-state index contributed by atoms with van der Waals surface area (Å²) < 4.78 is 6.30. The number of hydrogen-bond donors (Lipinski definition) is 2. The van der Waals surface area contributed by atoms with E-state index in [1.54, 1.807) is 6.92 Å². The zero-order valence-corrected chi connectivity index (χ0v) is 16.9. The van der Waals surface area contributed by atoms with Gasteiger partial charge in [-0.1, -0.05) is 42.5 Å². The van der Waals surface area contributed by atoms with Gasteiger partial charge in [0.25, 0.3) is 5.91 Å². The highest BCUT2D eigenvalue weighted by molar-refractivity contribution is 7.18. The van der Waals surface area contributed by atoms with Crippen molar-refractivity contribution in [2.24, 2.45) is 0 Å². The number of rotatable bonds is 6. The number of hydrogen-bond acceptors (Lipinski definition) is 6. The number of benzene rings is 2. The first-order valence-electron chi connectivity index (χ1n) is 9.01. The molecule has 0 bridgehead atoms. The predicted molar refractivity (Wildman–Crippen MR) is 111 cm³/mol. The van der Waals surface area contributed by atoms with Crippen LogP contribution in [0.1, 0.15) is 17.5 Å². The Morgan fingerprint density at radius 1 is 1.07 bits per heavy atom. The Bertz CT molecular complexity index is 1000. The number of carbonyl (C=O) groups is 3. The maximum Gasteiger partial charge on any atom is 0.321 e. The van der Waals surface area contributed by atoms with Crippen LogP contribution in [-0.2, 0) is 26.2 Å². The lowest BCUT2D eigenvalue weighted by molar-refractivity contribution is -0.153. The molecule has 0 saturated carbocycles. The lowest BCUT2D eigenvalue weighted by atomic mass is 9.79. The van der Waals surface area contributed by atoms with Crippen LogP contribution in [0, 0.1) is 0 Å². The van der Waals surface area contributed by atoms with Crippen molar-refractivity contribution in [1.29, 1.82) is 0 Å². The largest absolute Gasteiger partial charge is 0.455 e. The van der Waals surface area contributed by atoms with Crippen LogP contribution < -0.4 is 10.6 Å². The van der Waals surface area contributed by atoms with Gasteiger partial charge in [0.05, 0.1) is 20.6 Å². The minimum Gasteiger partial charge on any atom is -0.455 e. The van der Waals surface area contributed by atoms with E-state index in [1.165, 1.54) is 18.4 Å². The summed E-state index contributed by atoms with van der Waals surface area (Å²) in [7, 11) is 1.39. The molecular formula is C21H21N3O4S. The standard InChI is InChI=1S/C21H21N3O4S/c1-21(14-8-4-3-5-9-14,19(26)28-13-17(25)24-20(27)22-2)12-18-23-15-10-6-7-11-16(15)29-18/h3-11H,12-13H2,1-2H3,(H2,22,24,25,27)/t21-/m1/s1. The SMILES string of the molecule is CNC(=O)NC(=O)COC(=O)[C@](C)(Cc1nc2ccccc2s1)c1ccccc1. The van der Waals surface area contributed by atoms with Crippen molar-refractivity contribution < 1.29 is 19.1 Å². The predicted octanol–water partition coefficient (Wildman–Crippen LogP) is 2.80. The molecule has 8 heteroatoms. The molecule has 0 aliphatic carbocycles. The molecule has 3 aromatic rings. The fourth-order valence-electron chi connectivity index (χ4n) is 2.91. The van der Waals surface area contributed by atoms with E-state index in [-0.39, 0.29) is 0 Å². The number of fused-ring (bicyclic) bond motifs is 1. The first-order chi connectivity index (χ1) is 13.9. The minimum atomic E-state index is -1.04. The summed E-state index contributed by atoms with van der Waals surface area (Å²) in [5.41, 5.74) is 0.597. The number of urea groups is 1. The third kappa shape index (κ3) is 4.78. The second-order valence-electron chi connectivity index (χ2n) is 6.65. The lowest BCUT2D eigenvalue weighted by Crippen LogP contribution is -2.42. The number of carbonyl (C=O) groups excluding carboxylic acids is 3. The van der Waals surface area contributed by atoms with Crippen LogP contribution in [0.25, 0.3) is 10.2 Å². The normalized spacial score (nSPS) is 12.8. The van der Waals surface area contributed by atoms with Crippen molar-refractivity contribution in [3.05, 3.63) is 65.2 Å². The van der Waals surface area contributed by atoms with Gasteiger partial charge in [0.1, 0.15) is 0 Å². The average molecular weight is 411 g/mol. The maximum atomic E-state index is 13.0. The fraction of sp³-hybridized carbons (Fsp3) is 0.238. The molecule has 0 aliphatic heterocycles. The van der Waals surface area contributed by atoms with E-state index < -0.39 is 29.9 Å². The number of thiazole rings is 1. The van der Waals surface area contributed by atoms with Crippen molar-refractivity contribution in [1.82, 2.24) is 15.6 Å². The number of nitrogens with zero attached hydrogens (tertiary/aromatic N) is 1. The third-order valence-electron chi connectivity index (χ3n) is 4.52. The minimum absolute atomic E-state index is 0.326. The summed E-state index contributed by atoms with van der Waals surface area (Å²) >= 11 is 1.52. The van der Waals surface area contributed by atoms with Crippen molar-refractivity contribution in [3.8, 4) is 0 Å². The van der Waals surface area contributed by atoms with Crippen LogP contribution >= 0.6 is 11.3 Å². The van der Waals surface area contributed by atoms with E-state index in [9.17, 15) is 14.4 Å². The van der Waals surface area contributed by atoms with Crippen LogP contribution in [0.3, 0.4) is 0 Å². The third-order valence-corrected chi connectivity index (χ3v) is 5.56. The monoisotopic (exact) mass is 411 g/mol. The van der Waals surface area contributed by atoms with Gasteiger partial charge in [-0.2, -0.15) is 0 Å². The Morgan fingerprint density at radius 2 is 1.76 bits per heavy atom. The highest BCUT2D eigenvalue weighted by Gasteiger charge is 2.38. The zero-order valence-electron chi connectivity index (χ0n) is 16.1. The Kier molecular flexibility index (Phi) is 6.23. The molecule has 3 rings (SSSR count). The van der Waals surface area contributed by atoms with Gasteiger partial charge in [-0.15, -0.1) is 11.3 Å². The van der Waals surface area contributed by atoms with Gasteiger partial charge >= 0.3 is 12.0 Å². The molecule has 2 N–H and O–H groups in total. The number of ether oxygens (including phenoxy) is 1. The molecular weight excluding hydrogens is 390 g/mol. The Balaban J connectivity index is 1.82. The molecule has 1 atom stereocenters. The maximum absolute atomic E-state index is 13.0. The summed E-state index contributed by atoms with van der Waals surface area (Å²) in [5, 5.41) is 5.13.